The van der Waals surface area contributed by atoms with E-state index >= 15 is 0 Å². The number of halogens is 3. The maximum Gasteiger partial charge on any atom is 0.273 e. The second kappa shape index (κ2) is 16.2. The van der Waals surface area contributed by atoms with Crippen LogP contribution in [0.25, 0.3) is 0 Å². The van der Waals surface area contributed by atoms with E-state index in [0.717, 1.165) is 42.5 Å². The Labute approximate surface area is 295 Å². The van der Waals surface area contributed by atoms with Crippen LogP contribution in [0.15, 0.2) is 59.5 Å². The summed E-state index contributed by atoms with van der Waals surface area (Å²) in [5.41, 5.74) is 0.124. The van der Waals surface area contributed by atoms with Gasteiger partial charge in [-0.1, -0.05) is 73.1 Å². The Bertz CT molecular complexity index is 1760. The van der Waals surface area contributed by atoms with Crippen LogP contribution < -0.4 is 14.4 Å². The van der Waals surface area contributed by atoms with Crippen LogP contribution in [-0.2, 0) is 26.2 Å². The number of rotatable bonds is 13. The number of hydrogen-bond donors (Lipinski definition) is 1. The number of aryl methyl sites for hydroxylation is 1. The summed E-state index contributed by atoms with van der Waals surface area (Å²) in [6.45, 7) is 2.21. The lowest BCUT2D eigenvalue weighted by Crippen LogP contribution is -2.54. The molecule has 1 fully saturated rings. The van der Waals surface area contributed by atoms with Crippen LogP contribution in [0, 0.1) is 17.0 Å². The number of hydrogen-bond acceptors (Lipinski definition) is 7. The Morgan fingerprint density at radius 2 is 1.71 bits per heavy atom. The van der Waals surface area contributed by atoms with Gasteiger partial charge in [-0.25, -0.2) is 8.42 Å². The molecule has 3 aromatic carbocycles. The van der Waals surface area contributed by atoms with Gasteiger partial charge in [0.2, 0.25) is 11.8 Å². The van der Waals surface area contributed by atoms with Crippen molar-refractivity contribution in [1.82, 2.24) is 10.2 Å². The lowest BCUT2D eigenvalue weighted by molar-refractivity contribution is -0.385. The molecule has 0 radical (unpaired) electrons. The number of nitro groups is 1. The molecule has 3 aromatic rings. The largest absolute Gasteiger partial charge is 0.495 e. The van der Waals surface area contributed by atoms with Crippen LogP contribution in [0.3, 0.4) is 0 Å². The van der Waals surface area contributed by atoms with Crippen molar-refractivity contribution in [2.24, 2.45) is 0 Å². The highest BCUT2D eigenvalue weighted by Crippen LogP contribution is 2.36. The molecule has 11 nitrogen and oxygen atoms in total. The first kappa shape index (κ1) is 37.2. The fourth-order valence-electron chi connectivity index (χ4n) is 5.76. The van der Waals surface area contributed by atoms with Crippen molar-refractivity contribution in [2.45, 2.75) is 75.9 Å². The fraction of sp³-hybridized carbons (Fsp3) is 0.394. The van der Waals surface area contributed by atoms with Gasteiger partial charge in [0.1, 0.15) is 18.3 Å². The van der Waals surface area contributed by atoms with Crippen LogP contribution in [0.5, 0.6) is 5.75 Å². The molecule has 4 rings (SSSR count). The molecular weight excluding hydrogens is 703 g/mol. The highest BCUT2D eigenvalue weighted by Gasteiger charge is 2.36. The van der Waals surface area contributed by atoms with Crippen molar-refractivity contribution in [2.75, 3.05) is 18.0 Å². The van der Waals surface area contributed by atoms with Crippen LogP contribution >= 0.6 is 34.8 Å². The molecule has 1 saturated carbocycles. The van der Waals surface area contributed by atoms with Crippen LogP contribution in [-0.4, -0.2) is 55.8 Å². The third-order valence-electron chi connectivity index (χ3n) is 8.38. The molecule has 258 valence electrons. The first-order chi connectivity index (χ1) is 22.8. The summed E-state index contributed by atoms with van der Waals surface area (Å²) < 4.78 is 35.0. The standard InChI is InChI=1S/C33H37Cl3N4O7S/c1-4-28(33(42)37-23-9-6-5-7-10-23)38(19-25-26(35)11-8-12-27(25)36)32(41)20-39(30-17-22(34)14-16-31(30)47-3)48(45,46)24-15-13-21(2)29(18-24)40(43)44/h8,11-18,23,28H,4-7,9-10,19-20H2,1-3H3,(H,37,42)/t28-/m1/s1. The number of nitro benzene ring substituents is 1. The van der Waals surface area contributed by atoms with Crippen molar-refractivity contribution < 1.29 is 27.7 Å². The van der Waals surface area contributed by atoms with E-state index in [1.165, 1.54) is 49.3 Å². The third-order valence-corrected chi connectivity index (χ3v) is 11.1. The molecule has 1 aliphatic rings. The van der Waals surface area contributed by atoms with Crippen molar-refractivity contribution in [3.8, 4) is 5.75 Å². The van der Waals surface area contributed by atoms with Crippen LogP contribution in [0.2, 0.25) is 15.1 Å². The van der Waals surface area contributed by atoms with Crippen molar-refractivity contribution in [3.05, 3.63) is 90.9 Å². The number of amides is 2. The predicted octanol–water partition coefficient (Wildman–Crippen LogP) is 7.32. The molecule has 0 unspecified atom stereocenters. The molecule has 0 heterocycles. The highest BCUT2D eigenvalue weighted by molar-refractivity contribution is 7.92. The molecular formula is C33H37Cl3N4O7S. The predicted molar refractivity (Wildman–Crippen MR) is 186 cm³/mol. The number of carbonyl (C=O) groups is 2. The van der Waals surface area contributed by atoms with E-state index in [1.807, 2.05) is 0 Å². The number of sulfonamides is 1. The Kier molecular flexibility index (Phi) is 12.6. The minimum Gasteiger partial charge on any atom is -0.495 e. The van der Waals surface area contributed by atoms with Gasteiger partial charge in [-0.2, -0.15) is 0 Å². The fourth-order valence-corrected chi connectivity index (χ4v) is 7.88. The van der Waals surface area contributed by atoms with Crippen molar-refractivity contribution in [3.63, 3.8) is 0 Å². The summed E-state index contributed by atoms with van der Waals surface area (Å²) in [7, 11) is -3.36. The second-order valence-electron chi connectivity index (χ2n) is 11.5. The second-order valence-corrected chi connectivity index (χ2v) is 14.6. The van der Waals surface area contributed by atoms with Gasteiger partial charge >= 0.3 is 0 Å². The Balaban J connectivity index is 1.83. The Hall–Kier alpha value is -3.58. The normalized spacial score (nSPS) is 14.2. The molecule has 1 atom stereocenters. The zero-order valence-corrected chi connectivity index (χ0v) is 29.8. The van der Waals surface area contributed by atoms with Crippen molar-refractivity contribution >= 4 is 68.0 Å². The first-order valence-corrected chi connectivity index (χ1v) is 18.0. The average molecular weight is 740 g/mol. The van der Waals surface area contributed by atoms with Gasteiger partial charge in [-0.3, -0.25) is 24.0 Å². The molecule has 1 aliphatic carbocycles. The van der Waals surface area contributed by atoms with Crippen LogP contribution in [0.4, 0.5) is 11.4 Å². The number of benzene rings is 3. The summed E-state index contributed by atoms with van der Waals surface area (Å²) in [6.07, 6.45) is 4.87. The summed E-state index contributed by atoms with van der Waals surface area (Å²) in [5, 5.41) is 15.5. The molecule has 0 saturated heterocycles. The maximum atomic E-state index is 14.5. The topological polar surface area (TPSA) is 139 Å². The SMILES string of the molecule is CC[C@H](C(=O)NC1CCCCC1)N(Cc1c(Cl)cccc1Cl)C(=O)CN(c1cc(Cl)ccc1OC)S(=O)(=O)c1ccc(C)c([N+](=O)[O-])c1. The quantitative estimate of drug-likeness (QED) is 0.143. The number of anilines is 1. The average Bonchev–Trinajstić information content (AvgIpc) is 3.05. The van der Waals surface area contributed by atoms with E-state index in [1.54, 1.807) is 25.1 Å². The Morgan fingerprint density at radius 3 is 2.31 bits per heavy atom. The minimum atomic E-state index is -4.68. The Morgan fingerprint density at radius 1 is 1.04 bits per heavy atom. The zero-order valence-electron chi connectivity index (χ0n) is 26.7. The van der Waals surface area contributed by atoms with E-state index in [4.69, 9.17) is 39.5 Å². The van der Waals surface area contributed by atoms with Crippen LogP contribution in [0.1, 0.15) is 56.6 Å². The summed E-state index contributed by atoms with van der Waals surface area (Å²) in [4.78, 5) is 40.2. The summed E-state index contributed by atoms with van der Waals surface area (Å²) in [6, 6.07) is 11.5. The molecule has 0 aromatic heterocycles. The van der Waals surface area contributed by atoms with Gasteiger partial charge < -0.3 is 15.0 Å². The molecule has 48 heavy (non-hydrogen) atoms. The maximum absolute atomic E-state index is 14.5. The highest BCUT2D eigenvalue weighted by atomic mass is 35.5. The van der Waals surface area contributed by atoms with E-state index in [2.05, 4.69) is 5.32 Å². The number of nitrogens with zero attached hydrogens (tertiary/aromatic N) is 3. The minimum absolute atomic E-state index is 0.0499. The third kappa shape index (κ3) is 8.52. The molecule has 2 amide bonds. The van der Waals surface area contributed by atoms with Gasteiger partial charge in [0, 0.05) is 44.8 Å². The first-order valence-electron chi connectivity index (χ1n) is 15.4. The van der Waals surface area contributed by atoms with E-state index in [0.29, 0.717) is 5.56 Å². The molecule has 0 aliphatic heterocycles. The lowest BCUT2D eigenvalue weighted by Gasteiger charge is -2.35. The number of nitrogens with one attached hydrogen (secondary N) is 1. The zero-order chi connectivity index (χ0) is 35.2. The van der Waals surface area contributed by atoms with Gasteiger partial charge in [0.15, 0.2) is 0 Å². The van der Waals surface area contributed by atoms with Gasteiger partial charge in [-0.15, -0.1) is 0 Å². The number of methoxy groups -OCH3 is 1. The molecule has 0 spiro atoms. The lowest BCUT2D eigenvalue weighted by atomic mass is 9.95. The summed E-state index contributed by atoms with van der Waals surface area (Å²) >= 11 is 19.3. The summed E-state index contributed by atoms with van der Waals surface area (Å²) in [5.74, 6) is -1.08. The van der Waals surface area contributed by atoms with E-state index in [-0.39, 0.29) is 57.0 Å². The van der Waals surface area contributed by atoms with Crippen molar-refractivity contribution in [1.29, 1.82) is 0 Å². The van der Waals surface area contributed by atoms with Gasteiger partial charge in [0.05, 0.1) is 22.6 Å². The molecule has 0 bridgehead atoms. The number of ether oxygens (including phenoxy) is 1. The monoisotopic (exact) mass is 738 g/mol. The van der Waals surface area contributed by atoms with E-state index in [9.17, 15) is 28.1 Å². The molecule has 15 heteroatoms. The van der Waals surface area contributed by atoms with Gasteiger partial charge in [0.25, 0.3) is 15.7 Å². The van der Waals surface area contributed by atoms with E-state index < -0.39 is 44.0 Å². The van der Waals surface area contributed by atoms with Gasteiger partial charge in [-0.05, 0) is 62.6 Å². The number of carbonyl (C=O) groups excluding carboxylic acids is 2. The molecule has 1 N–H and O–H groups in total. The smallest absolute Gasteiger partial charge is 0.273 e.